The van der Waals surface area contributed by atoms with Crippen molar-refractivity contribution in [2.24, 2.45) is 5.14 Å². The third kappa shape index (κ3) is 2.63. The highest BCUT2D eigenvalue weighted by Gasteiger charge is 2.31. The second-order valence-electron chi connectivity index (χ2n) is 4.54. The summed E-state index contributed by atoms with van der Waals surface area (Å²) in [5, 5.41) is 14.4. The number of hydrogen-bond acceptors (Lipinski definition) is 5. The first-order valence-corrected chi connectivity index (χ1v) is 7.51. The van der Waals surface area contributed by atoms with Crippen LogP contribution >= 0.6 is 0 Å². The van der Waals surface area contributed by atoms with Crippen molar-refractivity contribution in [3.63, 3.8) is 0 Å². The molecule has 0 spiro atoms. The monoisotopic (exact) mass is 308 g/mol. The van der Waals surface area contributed by atoms with Gasteiger partial charge in [-0.25, -0.2) is 5.14 Å². The van der Waals surface area contributed by atoms with Crippen LogP contribution in [0, 0.1) is 0 Å². The van der Waals surface area contributed by atoms with Gasteiger partial charge in [-0.2, -0.15) is 17.8 Å². The number of carbonyl (C=O) groups excluding carboxylic acids is 1. The predicted octanol–water partition coefficient (Wildman–Crippen LogP) is -0.424. The smallest absolute Gasteiger partial charge is 0.277 e. The van der Waals surface area contributed by atoms with Crippen molar-refractivity contribution < 1.29 is 13.2 Å². The van der Waals surface area contributed by atoms with Gasteiger partial charge in [-0.3, -0.25) is 14.9 Å². The SMILES string of the molecule is NS(=O)(=O)N1Cc2[nH]nc(NC(=O)c3cccnc3)c2C1. The summed E-state index contributed by atoms with van der Waals surface area (Å²) in [5.74, 6) is -0.0727. The zero-order valence-corrected chi connectivity index (χ0v) is 11.6. The molecule has 2 aromatic rings. The number of aromatic amines is 1. The third-order valence-electron chi connectivity index (χ3n) is 3.14. The van der Waals surface area contributed by atoms with Crippen LogP contribution in [0.25, 0.3) is 0 Å². The van der Waals surface area contributed by atoms with E-state index in [9.17, 15) is 13.2 Å². The molecular formula is C11H12N6O3S. The lowest BCUT2D eigenvalue weighted by atomic mass is 10.2. The number of pyridine rings is 1. The summed E-state index contributed by atoms with van der Waals surface area (Å²) in [6.45, 7) is 0.192. The van der Waals surface area contributed by atoms with E-state index in [-0.39, 0.29) is 19.0 Å². The Morgan fingerprint density at radius 2 is 2.24 bits per heavy atom. The molecule has 0 saturated carbocycles. The van der Waals surface area contributed by atoms with Gasteiger partial charge in [0.25, 0.3) is 16.1 Å². The number of carbonyl (C=O) groups is 1. The minimum absolute atomic E-state index is 0.0767. The first-order valence-electron chi connectivity index (χ1n) is 6.00. The molecule has 1 aliphatic heterocycles. The molecule has 3 rings (SSSR count). The van der Waals surface area contributed by atoms with Crippen LogP contribution in [0.3, 0.4) is 0 Å². The molecule has 0 saturated heterocycles. The first kappa shape index (κ1) is 13.7. The number of H-pyrrole nitrogens is 1. The third-order valence-corrected chi connectivity index (χ3v) is 4.12. The summed E-state index contributed by atoms with van der Waals surface area (Å²) in [5.41, 5.74) is 1.61. The van der Waals surface area contributed by atoms with Crippen molar-refractivity contribution in [1.82, 2.24) is 19.5 Å². The zero-order valence-electron chi connectivity index (χ0n) is 10.8. The maximum absolute atomic E-state index is 12.0. The normalized spacial score (nSPS) is 14.9. The molecule has 0 bridgehead atoms. The van der Waals surface area contributed by atoms with Gasteiger partial charge in [0.2, 0.25) is 0 Å². The second-order valence-corrected chi connectivity index (χ2v) is 6.08. The average Bonchev–Trinajstić information content (AvgIpc) is 3.01. The van der Waals surface area contributed by atoms with Gasteiger partial charge in [-0.05, 0) is 12.1 Å². The highest BCUT2D eigenvalue weighted by Crippen LogP contribution is 2.28. The van der Waals surface area contributed by atoms with E-state index in [4.69, 9.17) is 5.14 Å². The first-order chi connectivity index (χ1) is 9.95. The van der Waals surface area contributed by atoms with Gasteiger partial charge < -0.3 is 5.32 Å². The van der Waals surface area contributed by atoms with Gasteiger partial charge in [-0.15, -0.1) is 0 Å². The quantitative estimate of drug-likeness (QED) is 0.707. The lowest BCUT2D eigenvalue weighted by molar-refractivity contribution is 0.102. The van der Waals surface area contributed by atoms with Crippen LogP contribution in [0.2, 0.25) is 0 Å². The standard InChI is InChI=1S/C11H12N6O3S/c12-21(19,20)17-5-8-9(6-17)15-16-10(8)14-11(18)7-2-1-3-13-4-7/h1-4H,5-6H2,(H2,12,19,20)(H2,14,15,16,18). The Labute approximate surface area is 120 Å². The van der Waals surface area contributed by atoms with Gasteiger partial charge in [0.15, 0.2) is 5.82 Å². The molecular weight excluding hydrogens is 296 g/mol. The van der Waals surface area contributed by atoms with Crippen LogP contribution in [0.1, 0.15) is 21.6 Å². The molecule has 10 heteroatoms. The summed E-state index contributed by atoms with van der Waals surface area (Å²) in [6, 6.07) is 3.26. The number of anilines is 1. The summed E-state index contributed by atoms with van der Waals surface area (Å²) < 4.78 is 23.8. The van der Waals surface area contributed by atoms with Crippen LogP contribution in [0.5, 0.6) is 0 Å². The molecule has 0 atom stereocenters. The summed E-state index contributed by atoms with van der Waals surface area (Å²) in [4.78, 5) is 15.9. The number of nitrogens with two attached hydrogens (primary N) is 1. The minimum Gasteiger partial charge on any atom is -0.305 e. The number of nitrogens with zero attached hydrogens (tertiary/aromatic N) is 3. The van der Waals surface area contributed by atoms with Gasteiger partial charge in [0, 0.05) is 24.5 Å². The largest absolute Gasteiger partial charge is 0.305 e. The van der Waals surface area contributed by atoms with Crippen molar-refractivity contribution >= 4 is 21.9 Å². The lowest BCUT2D eigenvalue weighted by Gasteiger charge is -2.11. The summed E-state index contributed by atoms with van der Waals surface area (Å²) in [6.07, 6.45) is 2.99. The van der Waals surface area contributed by atoms with E-state index in [1.165, 1.54) is 6.20 Å². The summed E-state index contributed by atoms with van der Waals surface area (Å²) >= 11 is 0. The van der Waals surface area contributed by atoms with Gasteiger partial charge in [0.05, 0.1) is 17.8 Å². The summed E-state index contributed by atoms with van der Waals surface area (Å²) in [7, 11) is -3.77. The Kier molecular flexibility index (Phi) is 3.20. The molecule has 4 N–H and O–H groups in total. The molecule has 0 fully saturated rings. The van der Waals surface area contributed by atoms with Crippen molar-refractivity contribution in [3.05, 3.63) is 41.3 Å². The van der Waals surface area contributed by atoms with Crippen molar-refractivity contribution in [2.75, 3.05) is 5.32 Å². The van der Waals surface area contributed by atoms with E-state index in [2.05, 4.69) is 20.5 Å². The average molecular weight is 308 g/mol. The number of amides is 1. The maximum atomic E-state index is 12.0. The molecule has 0 aromatic carbocycles. The number of nitrogens with one attached hydrogen (secondary N) is 2. The van der Waals surface area contributed by atoms with E-state index in [0.717, 1.165) is 4.31 Å². The van der Waals surface area contributed by atoms with Crippen molar-refractivity contribution in [1.29, 1.82) is 0 Å². The molecule has 0 aliphatic carbocycles. The molecule has 110 valence electrons. The highest BCUT2D eigenvalue weighted by molar-refractivity contribution is 7.86. The maximum Gasteiger partial charge on any atom is 0.277 e. The van der Waals surface area contributed by atoms with Crippen LogP contribution in [0.4, 0.5) is 5.82 Å². The van der Waals surface area contributed by atoms with Gasteiger partial charge in [-0.1, -0.05) is 0 Å². The fourth-order valence-corrected chi connectivity index (χ4v) is 2.69. The Morgan fingerprint density at radius 3 is 2.90 bits per heavy atom. The predicted molar refractivity (Wildman–Crippen MR) is 73.1 cm³/mol. The Bertz CT molecular complexity index is 786. The Morgan fingerprint density at radius 1 is 1.43 bits per heavy atom. The molecule has 21 heavy (non-hydrogen) atoms. The fraction of sp³-hybridized carbons (Fsp3) is 0.182. The molecule has 9 nitrogen and oxygen atoms in total. The molecule has 2 aromatic heterocycles. The Balaban J connectivity index is 1.80. The van der Waals surface area contributed by atoms with Crippen molar-refractivity contribution in [3.8, 4) is 0 Å². The lowest BCUT2D eigenvalue weighted by Crippen LogP contribution is -2.32. The van der Waals surface area contributed by atoms with E-state index in [1.807, 2.05) is 0 Å². The topological polar surface area (TPSA) is 134 Å². The van der Waals surface area contributed by atoms with E-state index >= 15 is 0 Å². The van der Waals surface area contributed by atoms with E-state index in [1.54, 1.807) is 18.3 Å². The molecule has 3 heterocycles. The van der Waals surface area contributed by atoms with Gasteiger partial charge >= 0.3 is 0 Å². The van der Waals surface area contributed by atoms with Crippen LogP contribution in [-0.4, -0.2) is 33.8 Å². The minimum atomic E-state index is -3.77. The van der Waals surface area contributed by atoms with E-state index in [0.29, 0.717) is 22.6 Å². The van der Waals surface area contributed by atoms with Crippen LogP contribution in [0.15, 0.2) is 24.5 Å². The molecule has 1 aliphatic rings. The number of rotatable bonds is 3. The second kappa shape index (κ2) is 4.91. The van der Waals surface area contributed by atoms with Crippen LogP contribution in [-0.2, 0) is 23.3 Å². The Hall–Kier alpha value is -2.30. The fourth-order valence-electron chi connectivity index (χ4n) is 2.07. The van der Waals surface area contributed by atoms with Crippen molar-refractivity contribution in [2.45, 2.75) is 13.1 Å². The number of fused-ring (bicyclic) bond motifs is 1. The zero-order chi connectivity index (χ0) is 15.0. The molecule has 0 radical (unpaired) electrons. The number of aromatic nitrogens is 3. The highest BCUT2D eigenvalue weighted by atomic mass is 32.2. The van der Waals surface area contributed by atoms with Gasteiger partial charge in [0.1, 0.15) is 0 Å². The van der Waals surface area contributed by atoms with Crippen LogP contribution < -0.4 is 10.5 Å². The molecule has 0 unspecified atom stereocenters. The van der Waals surface area contributed by atoms with E-state index < -0.39 is 10.2 Å². The number of hydrogen-bond donors (Lipinski definition) is 3. The molecule has 1 amide bonds.